The zero-order valence-electron chi connectivity index (χ0n) is 8.77. The molecule has 0 aliphatic heterocycles. The smallest absolute Gasteiger partial charge is 0.302 e. The summed E-state index contributed by atoms with van der Waals surface area (Å²) in [7, 11) is 0. The molecular formula is C11H20O2. The number of ether oxygens (including phenoxy) is 1. The van der Waals surface area contributed by atoms with Gasteiger partial charge in [-0.05, 0) is 24.7 Å². The van der Waals surface area contributed by atoms with Crippen LogP contribution in [0.5, 0.6) is 0 Å². The van der Waals surface area contributed by atoms with Crippen LogP contribution in [0.2, 0.25) is 0 Å². The number of carbonyl (C=O) groups is 1. The van der Waals surface area contributed by atoms with Crippen molar-refractivity contribution in [3.63, 3.8) is 0 Å². The predicted octanol–water partition coefficient (Wildman–Crippen LogP) is 2.91. The first-order valence-corrected chi connectivity index (χ1v) is 5.26. The van der Waals surface area contributed by atoms with Gasteiger partial charge in [-0.3, -0.25) is 4.79 Å². The maximum atomic E-state index is 10.6. The highest BCUT2D eigenvalue weighted by atomic mass is 16.5. The lowest BCUT2D eigenvalue weighted by Gasteiger charge is -2.33. The van der Waals surface area contributed by atoms with E-state index in [1.54, 1.807) is 0 Å². The Kier molecular flexibility index (Phi) is 3.76. The second-order valence-corrected chi connectivity index (χ2v) is 4.46. The third-order valence-corrected chi connectivity index (χ3v) is 3.07. The minimum Gasteiger partial charge on any atom is -0.466 e. The molecule has 0 N–H and O–H groups in total. The lowest BCUT2D eigenvalue weighted by Crippen LogP contribution is -2.22. The molecule has 0 aromatic rings. The molecule has 2 heteroatoms. The average molecular weight is 184 g/mol. The second-order valence-electron chi connectivity index (χ2n) is 4.46. The second kappa shape index (κ2) is 4.64. The quantitative estimate of drug-likeness (QED) is 0.630. The Morgan fingerprint density at radius 1 is 1.31 bits per heavy atom. The molecule has 0 atom stereocenters. The van der Waals surface area contributed by atoms with Crippen molar-refractivity contribution >= 4 is 5.97 Å². The van der Waals surface area contributed by atoms with Gasteiger partial charge in [-0.15, -0.1) is 0 Å². The number of hydrogen-bond donors (Lipinski definition) is 0. The maximum absolute atomic E-state index is 10.6. The van der Waals surface area contributed by atoms with Crippen LogP contribution in [0.25, 0.3) is 0 Å². The molecule has 0 bridgehead atoms. The van der Waals surface area contributed by atoms with E-state index in [0.717, 1.165) is 6.42 Å². The summed E-state index contributed by atoms with van der Waals surface area (Å²) in [6.07, 6.45) is 7.70. The molecule has 0 aromatic heterocycles. The van der Waals surface area contributed by atoms with Gasteiger partial charge in [0.1, 0.15) is 0 Å². The molecule has 0 unspecified atom stereocenters. The Balaban J connectivity index is 2.21. The van der Waals surface area contributed by atoms with Crippen molar-refractivity contribution in [1.82, 2.24) is 0 Å². The van der Waals surface area contributed by atoms with E-state index in [1.165, 1.54) is 39.0 Å². The van der Waals surface area contributed by atoms with Crippen LogP contribution in [-0.4, -0.2) is 12.6 Å². The molecule has 2 nitrogen and oxygen atoms in total. The summed E-state index contributed by atoms with van der Waals surface area (Å²) in [6, 6.07) is 0. The van der Waals surface area contributed by atoms with Crippen molar-refractivity contribution in [2.45, 2.75) is 52.4 Å². The monoisotopic (exact) mass is 184 g/mol. The predicted molar refractivity (Wildman–Crippen MR) is 52.4 cm³/mol. The fraction of sp³-hybridized carbons (Fsp3) is 0.909. The number of carbonyl (C=O) groups excluding carboxylic acids is 1. The zero-order valence-corrected chi connectivity index (χ0v) is 8.77. The molecule has 13 heavy (non-hydrogen) atoms. The normalized spacial score (nSPS) is 21.1. The Morgan fingerprint density at radius 3 is 2.46 bits per heavy atom. The Labute approximate surface area is 80.7 Å². The lowest BCUT2D eigenvalue weighted by atomic mass is 9.74. The fourth-order valence-electron chi connectivity index (χ4n) is 2.10. The molecule has 0 aromatic carbocycles. The van der Waals surface area contributed by atoms with E-state index in [1.807, 2.05) is 0 Å². The lowest BCUT2D eigenvalue weighted by molar-refractivity contribution is -0.141. The van der Waals surface area contributed by atoms with Crippen molar-refractivity contribution in [3.8, 4) is 0 Å². The maximum Gasteiger partial charge on any atom is 0.302 e. The molecule has 0 amide bonds. The highest BCUT2D eigenvalue weighted by Crippen LogP contribution is 2.38. The largest absolute Gasteiger partial charge is 0.466 e. The molecule has 0 saturated heterocycles. The molecule has 0 radical (unpaired) electrons. The van der Waals surface area contributed by atoms with Gasteiger partial charge in [-0.1, -0.05) is 26.2 Å². The molecule has 0 spiro atoms. The number of hydrogen-bond acceptors (Lipinski definition) is 2. The van der Waals surface area contributed by atoms with Crippen molar-refractivity contribution in [3.05, 3.63) is 0 Å². The van der Waals surface area contributed by atoms with Crippen LogP contribution in [0.1, 0.15) is 52.4 Å². The summed E-state index contributed by atoms with van der Waals surface area (Å²) < 4.78 is 4.97. The SMILES string of the molecule is CC(=O)OCCC1(C)CCCCC1. The zero-order chi connectivity index (χ0) is 9.73. The summed E-state index contributed by atoms with van der Waals surface area (Å²) in [5.41, 5.74) is 0.438. The molecule has 1 fully saturated rings. The van der Waals surface area contributed by atoms with E-state index < -0.39 is 0 Å². The summed E-state index contributed by atoms with van der Waals surface area (Å²) in [5, 5.41) is 0. The van der Waals surface area contributed by atoms with Crippen LogP contribution < -0.4 is 0 Å². The van der Waals surface area contributed by atoms with Gasteiger partial charge in [0.15, 0.2) is 0 Å². The highest BCUT2D eigenvalue weighted by molar-refractivity contribution is 5.65. The van der Waals surface area contributed by atoms with Gasteiger partial charge in [-0.25, -0.2) is 0 Å². The van der Waals surface area contributed by atoms with Crippen LogP contribution in [0, 0.1) is 5.41 Å². The van der Waals surface area contributed by atoms with Crippen LogP contribution in [-0.2, 0) is 9.53 Å². The topological polar surface area (TPSA) is 26.3 Å². The first-order chi connectivity index (χ1) is 6.12. The Hall–Kier alpha value is -0.530. The van der Waals surface area contributed by atoms with Gasteiger partial charge >= 0.3 is 5.97 Å². The van der Waals surface area contributed by atoms with E-state index in [0.29, 0.717) is 12.0 Å². The van der Waals surface area contributed by atoms with Crippen molar-refractivity contribution in [2.24, 2.45) is 5.41 Å². The van der Waals surface area contributed by atoms with E-state index in [2.05, 4.69) is 6.92 Å². The Bertz CT molecular complexity index is 169. The van der Waals surface area contributed by atoms with Crippen LogP contribution in [0.4, 0.5) is 0 Å². The van der Waals surface area contributed by atoms with E-state index in [-0.39, 0.29) is 5.97 Å². The third kappa shape index (κ3) is 3.79. The molecule has 1 aliphatic rings. The van der Waals surface area contributed by atoms with E-state index >= 15 is 0 Å². The van der Waals surface area contributed by atoms with Crippen LogP contribution in [0.3, 0.4) is 0 Å². The molecule has 76 valence electrons. The van der Waals surface area contributed by atoms with Gasteiger partial charge in [0.2, 0.25) is 0 Å². The summed E-state index contributed by atoms with van der Waals surface area (Å²) in [4.78, 5) is 10.6. The standard InChI is InChI=1S/C11H20O2/c1-10(12)13-9-8-11(2)6-4-3-5-7-11/h3-9H2,1-2H3. The molecule has 1 saturated carbocycles. The highest BCUT2D eigenvalue weighted by Gasteiger charge is 2.26. The summed E-state index contributed by atoms with van der Waals surface area (Å²) in [5.74, 6) is -0.153. The van der Waals surface area contributed by atoms with Crippen LogP contribution in [0.15, 0.2) is 0 Å². The van der Waals surface area contributed by atoms with Gasteiger partial charge in [0.05, 0.1) is 6.61 Å². The molecule has 1 rings (SSSR count). The van der Waals surface area contributed by atoms with Crippen molar-refractivity contribution < 1.29 is 9.53 Å². The van der Waals surface area contributed by atoms with E-state index in [4.69, 9.17) is 4.74 Å². The molecule has 1 aliphatic carbocycles. The first-order valence-electron chi connectivity index (χ1n) is 5.26. The molecule has 0 heterocycles. The average Bonchev–Trinajstić information content (AvgIpc) is 2.04. The van der Waals surface area contributed by atoms with Gasteiger partial charge in [-0.2, -0.15) is 0 Å². The minimum absolute atomic E-state index is 0.153. The minimum atomic E-state index is -0.153. The van der Waals surface area contributed by atoms with Crippen LogP contribution >= 0.6 is 0 Å². The van der Waals surface area contributed by atoms with Crippen molar-refractivity contribution in [2.75, 3.05) is 6.61 Å². The summed E-state index contributed by atoms with van der Waals surface area (Å²) in [6.45, 7) is 4.39. The molecular weight excluding hydrogens is 164 g/mol. The Morgan fingerprint density at radius 2 is 1.92 bits per heavy atom. The van der Waals surface area contributed by atoms with Gasteiger partial charge in [0, 0.05) is 6.92 Å². The van der Waals surface area contributed by atoms with Gasteiger partial charge in [0.25, 0.3) is 0 Å². The third-order valence-electron chi connectivity index (χ3n) is 3.07. The van der Waals surface area contributed by atoms with Crippen molar-refractivity contribution in [1.29, 1.82) is 0 Å². The first kappa shape index (κ1) is 10.6. The van der Waals surface area contributed by atoms with Gasteiger partial charge < -0.3 is 4.74 Å². The summed E-state index contributed by atoms with van der Waals surface area (Å²) >= 11 is 0. The fourth-order valence-corrected chi connectivity index (χ4v) is 2.10. The van der Waals surface area contributed by atoms with E-state index in [9.17, 15) is 4.79 Å². The number of esters is 1. The number of rotatable bonds is 3.